The number of hydrogen-bond acceptors (Lipinski definition) is 5. The Morgan fingerprint density at radius 1 is 0.373 bits per heavy atom. The zero-order chi connectivity index (χ0) is 54.3. The van der Waals surface area contributed by atoms with Gasteiger partial charge in [0, 0.05) is 12.8 Å². The third-order valence-corrected chi connectivity index (χ3v) is 15.7. The summed E-state index contributed by atoms with van der Waals surface area (Å²) in [5, 5.41) is 23.1. The minimum Gasteiger partial charge on any atom is -0.466 e. The Hall–Kier alpha value is -1.92. The van der Waals surface area contributed by atoms with Gasteiger partial charge in [0.25, 0.3) is 0 Å². The smallest absolute Gasteiger partial charge is 0.305 e. The van der Waals surface area contributed by atoms with Crippen molar-refractivity contribution in [2.24, 2.45) is 0 Å². The molecule has 0 aromatic heterocycles. The van der Waals surface area contributed by atoms with Crippen LogP contribution < -0.4 is 5.32 Å². The van der Waals surface area contributed by atoms with Crippen molar-refractivity contribution in [3.05, 3.63) is 36.5 Å². The summed E-state index contributed by atoms with van der Waals surface area (Å²) in [4.78, 5) is 24.5. The fourth-order valence-electron chi connectivity index (χ4n) is 10.5. The molecule has 1 amide bonds. The lowest BCUT2D eigenvalue weighted by atomic mass is 10.0. The molecular weight excluding hydrogens is 923 g/mol. The van der Waals surface area contributed by atoms with E-state index in [0.29, 0.717) is 19.4 Å². The van der Waals surface area contributed by atoms with Gasteiger partial charge in [0.1, 0.15) is 0 Å². The number of carbonyl (C=O) groups excluding carboxylic acids is 2. The zero-order valence-corrected chi connectivity index (χ0v) is 50.5. The van der Waals surface area contributed by atoms with E-state index in [2.05, 4.69) is 43.5 Å². The van der Waals surface area contributed by atoms with E-state index in [1.807, 2.05) is 6.08 Å². The maximum absolute atomic E-state index is 12.4. The fraction of sp³-hybridized carbons (Fsp3) is 0.884. The van der Waals surface area contributed by atoms with Crippen molar-refractivity contribution in [1.29, 1.82) is 0 Å². The van der Waals surface area contributed by atoms with Gasteiger partial charge in [0.2, 0.25) is 5.91 Å². The average molecular weight is 1050 g/mol. The summed E-state index contributed by atoms with van der Waals surface area (Å²) in [7, 11) is 0. The molecule has 0 aliphatic carbocycles. The van der Waals surface area contributed by atoms with Crippen LogP contribution in [-0.2, 0) is 14.3 Å². The van der Waals surface area contributed by atoms with Crippen molar-refractivity contribution in [3.63, 3.8) is 0 Å². The van der Waals surface area contributed by atoms with Crippen LogP contribution in [0.1, 0.15) is 367 Å². The molecule has 6 nitrogen and oxygen atoms in total. The molecule has 0 spiro atoms. The van der Waals surface area contributed by atoms with E-state index in [0.717, 1.165) is 44.9 Å². The third kappa shape index (κ3) is 61.2. The molecule has 2 atom stereocenters. The van der Waals surface area contributed by atoms with Crippen molar-refractivity contribution < 1.29 is 24.5 Å². The Kier molecular flexibility index (Phi) is 63.0. The van der Waals surface area contributed by atoms with Crippen molar-refractivity contribution in [2.75, 3.05) is 13.2 Å². The van der Waals surface area contributed by atoms with Gasteiger partial charge in [-0.25, -0.2) is 0 Å². The fourth-order valence-corrected chi connectivity index (χ4v) is 10.5. The lowest BCUT2D eigenvalue weighted by Crippen LogP contribution is -2.45. The van der Waals surface area contributed by atoms with E-state index in [-0.39, 0.29) is 18.5 Å². The number of esters is 1. The van der Waals surface area contributed by atoms with Crippen molar-refractivity contribution in [2.45, 2.75) is 379 Å². The number of amides is 1. The number of nitrogens with one attached hydrogen (secondary N) is 1. The lowest BCUT2D eigenvalue weighted by molar-refractivity contribution is -0.143. The second-order valence-corrected chi connectivity index (χ2v) is 23.2. The molecule has 0 aliphatic heterocycles. The maximum Gasteiger partial charge on any atom is 0.305 e. The van der Waals surface area contributed by atoms with Crippen LogP contribution in [0.5, 0.6) is 0 Å². The van der Waals surface area contributed by atoms with Crippen molar-refractivity contribution in [1.82, 2.24) is 5.32 Å². The Bertz CT molecular complexity index is 1210. The van der Waals surface area contributed by atoms with Gasteiger partial charge in [-0.1, -0.05) is 326 Å². The van der Waals surface area contributed by atoms with Gasteiger partial charge in [-0.05, 0) is 64.2 Å². The predicted octanol–water partition coefficient (Wildman–Crippen LogP) is 21.5. The van der Waals surface area contributed by atoms with Crippen LogP contribution >= 0.6 is 0 Å². The van der Waals surface area contributed by atoms with Crippen LogP contribution in [0.2, 0.25) is 0 Å². The molecule has 0 fully saturated rings. The number of aliphatic hydroxyl groups excluding tert-OH is 2. The molecule has 0 radical (unpaired) electrons. The van der Waals surface area contributed by atoms with Gasteiger partial charge in [-0.15, -0.1) is 0 Å². The van der Waals surface area contributed by atoms with Gasteiger partial charge in [0.05, 0.1) is 25.4 Å². The van der Waals surface area contributed by atoms with Crippen molar-refractivity contribution >= 4 is 11.9 Å². The van der Waals surface area contributed by atoms with E-state index in [4.69, 9.17) is 4.74 Å². The van der Waals surface area contributed by atoms with Crippen LogP contribution in [-0.4, -0.2) is 47.4 Å². The zero-order valence-electron chi connectivity index (χ0n) is 50.5. The quantitative estimate of drug-likeness (QED) is 0.0320. The van der Waals surface area contributed by atoms with Gasteiger partial charge >= 0.3 is 5.97 Å². The van der Waals surface area contributed by atoms with E-state index in [1.54, 1.807) is 6.08 Å². The first-order valence-electron chi connectivity index (χ1n) is 33.8. The number of ether oxygens (including phenoxy) is 1. The average Bonchev–Trinajstić information content (AvgIpc) is 3.41. The normalized spacial score (nSPS) is 12.7. The van der Waals surface area contributed by atoms with Crippen LogP contribution in [0.3, 0.4) is 0 Å². The Morgan fingerprint density at radius 3 is 1.01 bits per heavy atom. The molecule has 3 N–H and O–H groups in total. The molecule has 75 heavy (non-hydrogen) atoms. The summed E-state index contributed by atoms with van der Waals surface area (Å²) in [5.41, 5.74) is 0. The molecule has 0 rings (SSSR count). The first-order valence-corrected chi connectivity index (χ1v) is 33.8. The van der Waals surface area contributed by atoms with Gasteiger partial charge in [0.15, 0.2) is 0 Å². The molecule has 0 aromatic carbocycles. The summed E-state index contributed by atoms with van der Waals surface area (Å²) in [5.74, 6) is -0.0501. The van der Waals surface area contributed by atoms with Crippen LogP contribution in [0, 0.1) is 0 Å². The first kappa shape index (κ1) is 73.1. The second-order valence-electron chi connectivity index (χ2n) is 23.2. The first-order chi connectivity index (χ1) is 37.0. The van der Waals surface area contributed by atoms with E-state index >= 15 is 0 Å². The minimum atomic E-state index is -0.842. The van der Waals surface area contributed by atoms with E-state index in [1.165, 1.54) is 295 Å². The van der Waals surface area contributed by atoms with Crippen LogP contribution in [0.15, 0.2) is 36.5 Å². The maximum atomic E-state index is 12.4. The number of carbonyl (C=O) groups is 2. The summed E-state index contributed by atoms with van der Waals surface area (Å²) in [6.45, 7) is 4.91. The molecule has 2 unspecified atom stereocenters. The number of rotatable bonds is 63. The molecular formula is C69H131NO5. The van der Waals surface area contributed by atoms with Crippen LogP contribution in [0.4, 0.5) is 0 Å². The standard InChI is InChI=1S/C69H131NO5/c1-3-5-7-9-11-13-15-38-43-47-51-55-59-63-69(74)75-64-60-56-52-48-44-40-37-35-33-31-29-27-25-23-21-19-17-18-20-22-24-26-28-30-32-34-36-39-42-46-50-54-58-62-68(73)70-66(65-71)67(72)61-57-53-49-45-41-16-14-12-10-8-6-4-2/h21,23,27,29,57,61,66-67,71-72H,3-20,22,24-26,28,30-56,58-60,62-65H2,1-2H3,(H,70,73)/b23-21-,29-27-,61-57+. The number of aliphatic hydroxyl groups is 2. The van der Waals surface area contributed by atoms with E-state index < -0.39 is 12.1 Å². The number of unbranched alkanes of at least 4 members (excludes halogenated alkanes) is 48. The second kappa shape index (κ2) is 64.6. The SMILES string of the molecule is CCCCCCCCCCCC/C=C/C(O)C(CO)NC(=O)CCCCCCCCCCCCCCCCCCC/C=C\C/C=C\CCCCCCCCCCCOC(=O)CCCCCCCCCCCCCCC. The van der Waals surface area contributed by atoms with Gasteiger partial charge in [-0.2, -0.15) is 0 Å². The molecule has 6 heteroatoms. The molecule has 0 aliphatic rings. The summed E-state index contributed by atoms with van der Waals surface area (Å²) in [6.07, 6.45) is 82.2. The lowest BCUT2D eigenvalue weighted by Gasteiger charge is -2.20. The third-order valence-electron chi connectivity index (χ3n) is 15.7. The molecule has 0 saturated carbocycles. The topological polar surface area (TPSA) is 95.9 Å². The molecule has 442 valence electrons. The monoisotopic (exact) mass is 1050 g/mol. The largest absolute Gasteiger partial charge is 0.466 e. The highest BCUT2D eigenvalue weighted by Crippen LogP contribution is 2.18. The predicted molar refractivity (Wildman–Crippen MR) is 329 cm³/mol. The highest BCUT2D eigenvalue weighted by Gasteiger charge is 2.18. The van der Waals surface area contributed by atoms with Crippen LogP contribution in [0.25, 0.3) is 0 Å². The summed E-state index contributed by atoms with van der Waals surface area (Å²) in [6, 6.07) is -0.625. The molecule has 0 saturated heterocycles. The molecule has 0 bridgehead atoms. The van der Waals surface area contributed by atoms with Gasteiger partial charge < -0.3 is 20.3 Å². The number of hydrogen-bond donors (Lipinski definition) is 3. The van der Waals surface area contributed by atoms with Crippen molar-refractivity contribution in [3.8, 4) is 0 Å². The Morgan fingerprint density at radius 2 is 0.667 bits per heavy atom. The Balaban J connectivity index is 3.38. The van der Waals surface area contributed by atoms with Gasteiger partial charge in [-0.3, -0.25) is 9.59 Å². The van der Waals surface area contributed by atoms with E-state index in [9.17, 15) is 19.8 Å². The minimum absolute atomic E-state index is 0.0156. The highest BCUT2D eigenvalue weighted by atomic mass is 16.5. The molecule has 0 aromatic rings. The highest BCUT2D eigenvalue weighted by molar-refractivity contribution is 5.76. The summed E-state index contributed by atoms with van der Waals surface area (Å²) < 4.78 is 5.48. The number of allylic oxidation sites excluding steroid dienone is 5. The Labute approximate surface area is 468 Å². The summed E-state index contributed by atoms with van der Waals surface area (Å²) >= 11 is 0. The molecule has 0 heterocycles.